The Morgan fingerprint density at radius 2 is 2.11 bits per heavy atom. The summed E-state index contributed by atoms with van der Waals surface area (Å²) < 4.78 is 12.4. The summed E-state index contributed by atoms with van der Waals surface area (Å²) in [5.41, 5.74) is 2.36. The lowest BCUT2D eigenvalue weighted by atomic mass is 10.1. The van der Waals surface area contributed by atoms with Crippen LogP contribution >= 0.6 is 11.8 Å². The predicted octanol–water partition coefficient (Wildman–Crippen LogP) is 1.93. The SMILES string of the molecule is COCCn1c(C)cc(C(=O)COC(=O)[C@H]2CS[C@@]3(C)CCC(=O)N23)c1C. The van der Waals surface area contributed by atoms with Crippen molar-refractivity contribution in [3.05, 3.63) is 23.0 Å². The largest absolute Gasteiger partial charge is 0.456 e. The molecule has 3 heterocycles. The molecule has 0 aromatic carbocycles. The van der Waals surface area contributed by atoms with Crippen molar-refractivity contribution in [2.45, 2.75) is 51.1 Å². The third kappa shape index (κ3) is 3.65. The number of ketones is 1. The quantitative estimate of drug-likeness (QED) is 0.519. The normalized spacial score (nSPS) is 24.4. The van der Waals surface area contributed by atoms with E-state index in [0.29, 0.717) is 30.9 Å². The van der Waals surface area contributed by atoms with Crippen LogP contribution in [0.2, 0.25) is 0 Å². The molecule has 0 saturated carbocycles. The minimum Gasteiger partial charge on any atom is -0.456 e. The molecule has 1 aromatic heterocycles. The number of rotatable bonds is 7. The van der Waals surface area contributed by atoms with Crippen LogP contribution in [0.25, 0.3) is 0 Å². The molecule has 27 heavy (non-hydrogen) atoms. The fourth-order valence-electron chi connectivity index (χ4n) is 3.92. The van der Waals surface area contributed by atoms with Crippen LogP contribution in [0.3, 0.4) is 0 Å². The Morgan fingerprint density at radius 1 is 1.37 bits per heavy atom. The Morgan fingerprint density at radius 3 is 2.81 bits per heavy atom. The van der Waals surface area contributed by atoms with E-state index in [1.165, 1.54) is 0 Å². The second-order valence-electron chi connectivity index (χ2n) is 7.23. The predicted molar refractivity (Wildman–Crippen MR) is 102 cm³/mol. The molecule has 0 N–H and O–H groups in total. The fourth-order valence-corrected chi connectivity index (χ4v) is 5.33. The minimum absolute atomic E-state index is 0.0162. The minimum atomic E-state index is -0.600. The van der Waals surface area contributed by atoms with Crippen LogP contribution in [0.4, 0.5) is 0 Å². The molecule has 3 rings (SSSR count). The Balaban J connectivity index is 1.63. The maximum atomic E-state index is 12.6. The van der Waals surface area contributed by atoms with Gasteiger partial charge in [0.15, 0.2) is 6.61 Å². The standard InChI is InChI=1S/C19H26N2O5S/c1-12-9-14(13(2)20(12)7-8-25-4)16(22)10-26-18(24)15-11-27-19(3)6-5-17(23)21(15)19/h9,15H,5-8,10-11H2,1-4H3/t15-,19+/m1/s1. The molecule has 148 valence electrons. The first-order valence-corrected chi connectivity index (χ1v) is 10.1. The second-order valence-corrected chi connectivity index (χ2v) is 8.73. The average Bonchev–Trinajstić information content (AvgIpc) is 3.23. The third-order valence-corrected chi connectivity index (χ3v) is 6.96. The Labute approximate surface area is 163 Å². The average molecular weight is 394 g/mol. The number of carbonyl (C=O) groups is 3. The third-order valence-electron chi connectivity index (χ3n) is 5.46. The number of hydrogen-bond acceptors (Lipinski definition) is 6. The van der Waals surface area contributed by atoms with Crippen molar-refractivity contribution in [3.63, 3.8) is 0 Å². The highest BCUT2D eigenvalue weighted by atomic mass is 32.2. The number of amides is 1. The summed E-state index contributed by atoms with van der Waals surface area (Å²) in [5.74, 6) is -0.234. The lowest BCUT2D eigenvalue weighted by Gasteiger charge is -2.29. The molecule has 1 amide bonds. The van der Waals surface area contributed by atoms with E-state index in [4.69, 9.17) is 9.47 Å². The molecule has 2 aliphatic rings. The van der Waals surface area contributed by atoms with E-state index < -0.39 is 12.0 Å². The van der Waals surface area contributed by atoms with Gasteiger partial charge in [-0.3, -0.25) is 9.59 Å². The lowest BCUT2D eigenvalue weighted by Crippen LogP contribution is -2.46. The van der Waals surface area contributed by atoms with Crippen molar-refractivity contribution in [1.82, 2.24) is 9.47 Å². The molecule has 0 bridgehead atoms. The number of thioether (sulfide) groups is 1. The Hall–Kier alpha value is -1.80. The van der Waals surface area contributed by atoms with Gasteiger partial charge in [-0.05, 0) is 33.3 Å². The van der Waals surface area contributed by atoms with Crippen molar-refractivity contribution in [2.24, 2.45) is 0 Å². The number of methoxy groups -OCH3 is 1. The molecule has 1 aromatic rings. The molecule has 2 aliphatic heterocycles. The molecule has 2 atom stereocenters. The molecule has 7 nitrogen and oxygen atoms in total. The van der Waals surface area contributed by atoms with Gasteiger partial charge in [0.1, 0.15) is 6.04 Å². The van der Waals surface area contributed by atoms with E-state index in [2.05, 4.69) is 0 Å². The first-order valence-electron chi connectivity index (χ1n) is 9.10. The van der Waals surface area contributed by atoms with Crippen LogP contribution in [0.1, 0.15) is 41.5 Å². The Kier molecular flexibility index (Phi) is 5.67. The molecule has 8 heteroatoms. The number of carbonyl (C=O) groups excluding carboxylic acids is 3. The monoisotopic (exact) mass is 394 g/mol. The molecule has 2 fully saturated rings. The first kappa shape index (κ1) is 19.9. The van der Waals surface area contributed by atoms with E-state index in [1.54, 1.807) is 23.8 Å². The van der Waals surface area contributed by atoms with Crippen LogP contribution in [-0.4, -0.2) is 64.1 Å². The lowest BCUT2D eigenvalue weighted by molar-refractivity contribution is -0.152. The second kappa shape index (κ2) is 7.67. The molecule has 0 aliphatic carbocycles. The van der Waals surface area contributed by atoms with Gasteiger partial charge in [-0.1, -0.05) is 0 Å². The van der Waals surface area contributed by atoms with E-state index in [0.717, 1.165) is 17.8 Å². The summed E-state index contributed by atoms with van der Waals surface area (Å²) in [5, 5.41) is 0. The number of hydrogen-bond donors (Lipinski definition) is 0. The highest BCUT2D eigenvalue weighted by molar-refractivity contribution is 8.01. The van der Waals surface area contributed by atoms with Crippen molar-refractivity contribution in [3.8, 4) is 0 Å². The first-order chi connectivity index (χ1) is 12.8. The number of aromatic nitrogens is 1. The topological polar surface area (TPSA) is 77.8 Å². The van der Waals surface area contributed by atoms with Crippen LogP contribution in [0, 0.1) is 13.8 Å². The summed E-state index contributed by atoms with van der Waals surface area (Å²) in [6.45, 7) is 6.70. The van der Waals surface area contributed by atoms with Crippen molar-refractivity contribution < 1.29 is 23.9 Å². The number of aryl methyl sites for hydroxylation is 1. The van der Waals surface area contributed by atoms with Gasteiger partial charge in [-0.15, -0.1) is 11.8 Å². The van der Waals surface area contributed by atoms with Gasteiger partial charge in [0.05, 0.1) is 11.5 Å². The molecule has 2 saturated heterocycles. The molecule has 0 radical (unpaired) electrons. The molecule has 0 unspecified atom stereocenters. The van der Waals surface area contributed by atoms with Gasteiger partial charge >= 0.3 is 5.97 Å². The highest BCUT2D eigenvalue weighted by Gasteiger charge is 2.53. The fraction of sp³-hybridized carbons (Fsp3) is 0.632. The van der Waals surface area contributed by atoms with Crippen molar-refractivity contribution >= 4 is 29.4 Å². The number of ether oxygens (including phenoxy) is 2. The number of fused-ring (bicyclic) bond motifs is 1. The van der Waals surface area contributed by atoms with Crippen molar-refractivity contribution in [2.75, 3.05) is 26.1 Å². The van der Waals surface area contributed by atoms with E-state index in [1.807, 2.05) is 31.4 Å². The van der Waals surface area contributed by atoms with Crippen LogP contribution < -0.4 is 0 Å². The van der Waals surface area contributed by atoms with Gasteiger partial charge in [-0.2, -0.15) is 0 Å². The summed E-state index contributed by atoms with van der Waals surface area (Å²) >= 11 is 1.61. The van der Waals surface area contributed by atoms with Gasteiger partial charge in [0, 0.05) is 42.8 Å². The zero-order valence-corrected chi connectivity index (χ0v) is 17.1. The Bertz CT molecular complexity index is 774. The van der Waals surface area contributed by atoms with Crippen molar-refractivity contribution in [1.29, 1.82) is 0 Å². The maximum absolute atomic E-state index is 12.6. The molecular weight excluding hydrogens is 368 g/mol. The number of nitrogens with zero attached hydrogens (tertiary/aromatic N) is 2. The summed E-state index contributed by atoms with van der Waals surface area (Å²) in [7, 11) is 1.64. The summed E-state index contributed by atoms with van der Waals surface area (Å²) in [4.78, 5) is 38.5. The smallest absolute Gasteiger partial charge is 0.330 e. The zero-order valence-electron chi connectivity index (χ0n) is 16.2. The number of Topliss-reactive ketones (excluding diaryl/α,β-unsaturated/α-hetero) is 1. The number of esters is 1. The zero-order chi connectivity index (χ0) is 19.8. The van der Waals surface area contributed by atoms with Gasteiger partial charge in [-0.25, -0.2) is 4.79 Å². The van der Waals surface area contributed by atoms with Gasteiger partial charge in [0.2, 0.25) is 11.7 Å². The highest BCUT2D eigenvalue weighted by Crippen LogP contribution is 2.47. The maximum Gasteiger partial charge on any atom is 0.330 e. The molecule has 0 spiro atoms. The summed E-state index contributed by atoms with van der Waals surface area (Å²) in [6.07, 6.45) is 1.20. The van der Waals surface area contributed by atoms with E-state index in [9.17, 15) is 14.4 Å². The van der Waals surface area contributed by atoms with Gasteiger partial charge in [0.25, 0.3) is 0 Å². The molecular formula is C19H26N2O5S. The van der Waals surface area contributed by atoms with Crippen LogP contribution in [-0.2, 0) is 25.6 Å². The van der Waals surface area contributed by atoms with E-state index in [-0.39, 0.29) is 23.2 Å². The van der Waals surface area contributed by atoms with Gasteiger partial charge < -0.3 is 18.9 Å². The van der Waals surface area contributed by atoms with Crippen LogP contribution in [0.5, 0.6) is 0 Å². The van der Waals surface area contributed by atoms with E-state index >= 15 is 0 Å². The summed E-state index contributed by atoms with van der Waals surface area (Å²) in [6, 6.07) is 1.21. The van der Waals surface area contributed by atoms with Crippen LogP contribution in [0.15, 0.2) is 6.07 Å².